The molecule has 0 bridgehead atoms. The van der Waals surface area contributed by atoms with E-state index in [-0.39, 0.29) is 6.54 Å². The molecule has 0 saturated carbocycles. The zero-order valence-electron chi connectivity index (χ0n) is 14.6. The second-order valence-electron chi connectivity index (χ2n) is 5.29. The van der Waals surface area contributed by atoms with E-state index < -0.39 is 54.6 Å². The van der Waals surface area contributed by atoms with Crippen LogP contribution in [0.1, 0.15) is 27.7 Å². The van der Waals surface area contributed by atoms with E-state index in [0.29, 0.717) is 0 Å². The summed E-state index contributed by atoms with van der Waals surface area (Å²) in [6.07, 6.45) is -6.59. The minimum atomic E-state index is -1.47. The van der Waals surface area contributed by atoms with Crippen LogP contribution in [0.3, 0.4) is 0 Å². The Morgan fingerprint density at radius 3 is 1.77 bits per heavy atom. The molecule has 1 saturated heterocycles. The Morgan fingerprint density at radius 2 is 1.31 bits per heavy atom. The van der Waals surface area contributed by atoms with E-state index in [1.807, 2.05) is 0 Å². The van der Waals surface area contributed by atoms with Gasteiger partial charge in [-0.2, -0.15) is 0 Å². The highest BCUT2D eigenvalue weighted by Gasteiger charge is 2.52. The van der Waals surface area contributed by atoms with Gasteiger partial charge in [-0.3, -0.25) is 19.2 Å². The molecule has 1 heterocycles. The van der Waals surface area contributed by atoms with Crippen LogP contribution in [0, 0.1) is 0 Å². The largest absolute Gasteiger partial charge is 0.456 e. The molecular formula is C14H19N3O9. The van der Waals surface area contributed by atoms with Crippen molar-refractivity contribution in [3.63, 3.8) is 0 Å². The van der Waals surface area contributed by atoms with Gasteiger partial charge in [0.2, 0.25) is 12.4 Å². The van der Waals surface area contributed by atoms with Crippen LogP contribution in [-0.2, 0) is 42.9 Å². The molecule has 1 fully saturated rings. The number of azide groups is 1. The maximum Gasteiger partial charge on any atom is 0.305 e. The lowest BCUT2D eigenvalue weighted by Crippen LogP contribution is -2.62. The van der Waals surface area contributed by atoms with Crippen LogP contribution in [0.15, 0.2) is 5.11 Å². The second kappa shape index (κ2) is 9.59. The van der Waals surface area contributed by atoms with Gasteiger partial charge in [0, 0.05) is 32.6 Å². The Labute approximate surface area is 148 Å². The zero-order valence-corrected chi connectivity index (χ0v) is 14.6. The van der Waals surface area contributed by atoms with Crippen LogP contribution in [0.25, 0.3) is 10.4 Å². The monoisotopic (exact) mass is 373 g/mol. The zero-order chi connectivity index (χ0) is 19.9. The number of ether oxygens (including phenoxy) is 5. The van der Waals surface area contributed by atoms with Gasteiger partial charge >= 0.3 is 23.9 Å². The molecule has 0 amide bonds. The molecule has 5 atom stereocenters. The SMILES string of the molecule is CC(=O)OC1C(CN=[N+]=[N-])OC(OC(C)=O)[C@@H](OC(C)=O)C1OC(C)=O. The van der Waals surface area contributed by atoms with Crippen LogP contribution in [0.5, 0.6) is 0 Å². The molecule has 26 heavy (non-hydrogen) atoms. The fourth-order valence-electron chi connectivity index (χ4n) is 2.38. The van der Waals surface area contributed by atoms with E-state index in [4.69, 9.17) is 29.2 Å². The van der Waals surface area contributed by atoms with Gasteiger partial charge < -0.3 is 23.7 Å². The van der Waals surface area contributed by atoms with Crippen molar-refractivity contribution in [1.29, 1.82) is 0 Å². The van der Waals surface area contributed by atoms with Crippen molar-refractivity contribution in [1.82, 2.24) is 0 Å². The Balaban J connectivity index is 3.32. The average Bonchev–Trinajstić information content (AvgIpc) is 2.49. The van der Waals surface area contributed by atoms with Crippen LogP contribution in [0.2, 0.25) is 0 Å². The first kappa shape index (κ1) is 21.2. The summed E-state index contributed by atoms with van der Waals surface area (Å²) in [6, 6.07) is 0. The fourth-order valence-corrected chi connectivity index (χ4v) is 2.38. The van der Waals surface area contributed by atoms with Gasteiger partial charge in [-0.25, -0.2) is 0 Å². The molecule has 4 unspecified atom stereocenters. The summed E-state index contributed by atoms with van der Waals surface area (Å²) >= 11 is 0. The van der Waals surface area contributed by atoms with Gasteiger partial charge in [0.25, 0.3) is 0 Å². The number of rotatable bonds is 6. The first-order chi connectivity index (χ1) is 12.1. The maximum atomic E-state index is 11.5. The Bertz CT molecular complexity index is 587. The summed E-state index contributed by atoms with van der Waals surface area (Å²) in [6.45, 7) is 4.05. The molecule has 12 heteroatoms. The molecule has 12 nitrogen and oxygen atoms in total. The second-order valence-corrected chi connectivity index (χ2v) is 5.29. The normalized spacial score (nSPS) is 27.5. The molecule has 0 spiro atoms. The van der Waals surface area contributed by atoms with Gasteiger partial charge in [-0.15, -0.1) is 0 Å². The number of hydrogen-bond donors (Lipinski definition) is 0. The molecule has 0 aromatic rings. The lowest BCUT2D eigenvalue weighted by molar-refractivity contribution is -0.293. The van der Waals surface area contributed by atoms with Crippen molar-refractivity contribution in [3.8, 4) is 0 Å². The molecular weight excluding hydrogens is 354 g/mol. The summed E-state index contributed by atoms with van der Waals surface area (Å²) in [5.41, 5.74) is 8.51. The molecule has 1 aliphatic rings. The third kappa shape index (κ3) is 6.22. The first-order valence-corrected chi connectivity index (χ1v) is 7.51. The topological polar surface area (TPSA) is 163 Å². The summed E-state index contributed by atoms with van der Waals surface area (Å²) in [7, 11) is 0. The molecule has 1 aliphatic heterocycles. The Morgan fingerprint density at radius 1 is 0.846 bits per heavy atom. The molecule has 144 valence electrons. The van der Waals surface area contributed by atoms with Crippen molar-refractivity contribution < 1.29 is 42.9 Å². The molecule has 1 rings (SSSR count). The molecule has 0 radical (unpaired) electrons. The smallest absolute Gasteiger partial charge is 0.305 e. The van der Waals surface area contributed by atoms with E-state index in [9.17, 15) is 19.2 Å². The van der Waals surface area contributed by atoms with E-state index in [0.717, 1.165) is 27.7 Å². The quantitative estimate of drug-likeness (QED) is 0.210. The minimum Gasteiger partial charge on any atom is -0.456 e. The number of carbonyl (C=O) groups excluding carboxylic acids is 4. The predicted octanol–water partition coefficient (Wildman–Crippen LogP) is 0.380. The highest BCUT2D eigenvalue weighted by atomic mass is 16.7. The Kier molecular flexibility index (Phi) is 7.81. The third-order valence-corrected chi connectivity index (χ3v) is 3.10. The van der Waals surface area contributed by atoms with Crippen molar-refractivity contribution in [2.24, 2.45) is 5.11 Å². The van der Waals surface area contributed by atoms with Gasteiger partial charge in [-0.1, -0.05) is 5.11 Å². The van der Waals surface area contributed by atoms with Crippen molar-refractivity contribution in [2.75, 3.05) is 6.54 Å². The summed E-state index contributed by atoms with van der Waals surface area (Å²) in [5.74, 6) is -3.05. The lowest BCUT2D eigenvalue weighted by atomic mass is 9.97. The van der Waals surface area contributed by atoms with E-state index >= 15 is 0 Å². The third-order valence-electron chi connectivity index (χ3n) is 3.10. The Hall–Kier alpha value is -2.85. The van der Waals surface area contributed by atoms with E-state index in [2.05, 4.69) is 10.0 Å². The van der Waals surface area contributed by atoms with Crippen molar-refractivity contribution >= 4 is 23.9 Å². The van der Waals surface area contributed by atoms with Crippen molar-refractivity contribution in [3.05, 3.63) is 10.4 Å². The van der Waals surface area contributed by atoms with Crippen LogP contribution >= 0.6 is 0 Å². The number of esters is 4. The lowest BCUT2D eigenvalue weighted by Gasteiger charge is -2.43. The van der Waals surface area contributed by atoms with Gasteiger partial charge in [-0.05, 0) is 5.53 Å². The maximum absolute atomic E-state index is 11.5. The molecule has 0 N–H and O–H groups in total. The first-order valence-electron chi connectivity index (χ1n) is 7.51. The highest BCUT2D eigenvalue weighted by Crippen LogP contribution is 2.29. The van der Waals surface area contributed by atoms with E-state index in [1.165, 1.54) is 0 Å². The predicted molar refractivity (Wildman–Crippen MR) is 81.1 cm³/mol. The number of carbonyl (C=O) groups is 4. The summed E-state index contributed by atoms with van der Waals surface area (Å²) in [5, 5.41) is 3.34. The average molecular weight is 373 g/mol. The number of hydrogen-bond acceptors (Lipinski definition) is 10. The molecule has 0 aliphatic carbocycles. The van der Waals surface area contributed by atoms with Crippen molar-refractivity contribution in [2.45, 2.75) is 58.4 Å². The summed E-state index contributed by atoms with van der Waals surface area (Å²) in [4.78, 5) is 48.3. The fraction of sp³-hybridized carbons (Fsp3) is 0.714. The minimum absolute atomic E-state index is 0.323. The van der Waals surface area contributed by atoms with Gasteiger partial charge in [0.05, 0.1) is 6.54 Å². The summed E-state index contributed by atoms with van der Waals surface area (Å²) < 4.78 is 25.8. The standard InChI is InChI=1S/C14H19N3O9/c1-6(18)22-11-10(5-16-17-15)26-14(25-9(4)21)13(24-8(3)20)12(11)23-7(2)19/h10-14H,5H2,1-4H3/t10?,11?,12?,13-,14?/m0/s1. The molecule has 0 aromatic carbocycles. The molecule has 0 aromatic heterocycles. The van der Waals surface area contributed by atoms with Crippen LogP contribution in [-0.4, -0.2) is 61.1 Å². The van der Waals surface area contributed by atoms with Crippen LogP contribution in [0.4, 0.5) is 0 Å². The van der Waals surface area contributed by atoms with E-state index in [1.54, 1.807) is 0 Å². The van der Waals surface area contributed by atoms with Crippen LogP contribution < -0.4 is 0 Å². The van der Waals surface area contributed by atoms with Gasteiger partial charge in [0.15, 0.2) is 12.2 Å². The number of nitrogens with zero attached hydrogens (tertiary/aromatic N) is 3. The highest BCUT2D eigenvalue weighted by molar-refractivity contribution is 5.69. The van der Waals surface area contributed by atoms with Gasteiger partial charge in [0.1, 0.15) is 6.10 Å².